The van der Waals surface area contributed by atoms with Gasteiger partial charge < -0.3 is 10.1 Å². The molecule has 0 heterocycles. The molecule has 0 aliphatic heterocycles. The van der Waals surface area contributed by atoms with E-state index in [-0.39, 0.29) is 6.61 Å². The summed E-state index contributed by atoms with van der Waals surface area (Å²) in [5.74, 6) is -1.01. The van der Waals surface area contributed by atoms with Gasteiger partial charge in [-0.2, -0.15) is 0 Å². The van der Waals surface area contributed by atoms with Gasteiger partial charge in [0.2, 0.25) is 0 Å². The Morgan fingerprint density at radius 2 is 1.90 bits per heavy atom. The monoisotopic (exact) mass is 367 g/mol. The molecule has 0 bridgehead atoms. The number of ether oxygens (including phenoxy) is 1. The Morgan fingerprint density at radius 3 is 2.62 bits per heavy atom. The predicted molar refractivity (Wildman–Crippen MR) is 84.5 cm³/mol. The van der Waals surface area contributed by atoms with Crippen molar-refractivity contribution in [3.05, 3.63) is 63.6 Å². The van der Waals surface area contributed by atoms with Gasteiger partial charge in [0, 0.05) is 15.2 Å². The van der Waals surface area contributed by atoms with Crippen LogP contribution in [0.2, 0.25) is 5.02 Å². The predicted octanol–water partition coefficient (Wildman–Crippen LogP) is 3.90. The number of anilines is 1. The van der Waals surface area contributed by atoms with Gasteiger partial charge in [-0.15, -0.1) is 0 Å². The third kappa shape index (κ3) is 4.88. The topological polar surface area (TPSA) is 55.4 Å². The van der Waals surface area contributed by atoms with Crippen molar-refractivity contribution in [2.24, 2.45) is 0 Å². The Bertz CT molecular complexity index is 675. The van der Waals surface area contributed by atoms with Gasteiger partial charge in [0.1, 0.15) is 0 Å². The molecule has 0 fully saturated rings. The second kappa shape index (κ2) is 7.24. The van der Waals surface area contributed by atoms with E-state index in [4.69, 9.17) is 16.3 Å². The number of nitrogens with one attached hydrogen (secondary N) is 1. The molecule has 0 unspecified atom stereocenters. The number of rotatable bonds is 4. The summed E-state index contributed by atoms with van der Waals surface area (Å²) in [4.78, 5) is 23.4. The van der Waals surface area contributed by atoms with Crippen molar-refractivity contribution in [1.29, 1.82) is 0 Å². The molecule has 2 rings (SSSR count). The number of carbonyl (C=O) groups is 2. The van der Waals surface area contributed by atoms with Crippen molar-refractivity contribution in [2.45, 2.75) is 0 Å². The van der Waals surface area contributed by atoms with E-state index in [0.29, 0.717) is 16.3 Å². The van der Waals surface area contributed by atoms with Gasteiger partial charge in [-0.25, -0.2) is 4.79 Å². The molecule has 108 valence electrons. The zero-order chi connectivity index (χ0) is 15.2. The van der Waals surface area contributed by atoms with E-state index in [9.17, 15) is 9.59 Å². The van der Waals surface area contributed by atoms with Crippen LogP contribution in [-0.4, -0.2) is 18.5 Å². The molecule has 0 aliphatic carbocycles. The number of hydrogen-bond donors (Lipinski definition) is 1. The van der Waals surface area contributed by atoms with Crippen LogP contribution in [-0.2, 0) is 9.53 Å². The van der Waals surface area contributed by atoms with Crippen LogP contribution in [0.3, 0.4) is 0 Å². The van der Waals surface area contributed by atoms with Crippen LogP contribution in [0.25, 0.3) is 0 Å². The summed E-state index contributed by atoms with van der Waals surface area (Å²) in [7, 11) is 0. The number of hydrogen-bond acceptors (Lipinski definition) is 3. The Morgan fingerprint density at radius 1 is 1.14 bits per heavy atom. The molecule has 1 N–H and O–H groups in total. The Hall–Kier alpha value is -1.85. The van der Waals surface area contributed by atoms with Gasteiger partial charge in [-0.1, -0.05) is 39.7 Å². The highest BCUT2D eigenvalue weighted by Crippen LogP contribution is 2.15. The van der Waals surface area contributed by atoms with Crippen molar-refractivity contribution in [3.8, 4) is 0 Å². The van der Waals surface area contributed by atoms with Crippen molar-refractivity contribution >= 4 is 45.1 Å². The first-order chi connectivity index (χ1) is 10.0. The van der Waals surface area contributed by atoms with Crippen molar-refractivity contribution in [3.63, 3.8) is 0 Å². The first-order valence-corrected chi connectivity index (χ1v) is 7.20. The molecule has 0 spiro atoms. The molecule has 0 aromatic heterocycles. The fourth-order valence-electron chi connectivity index (χ4n) is 1.59. The SMILES string of the molecule is O=C(COC(=O)c1cccc(Cl)c1)Nc1cccc(Br)c1. The molecule has 0 saturated heterocycles. The van der Waals surface area contributed by atoms with Gasteiger partial charge in [-0.3, -0.25) is 4.79 Å². The summed E-state index contributed by atoms with van der Waals surface area (Å²) in [6.07, 6.45) is 0. The van der Waals surface area contributed by atoms with Crippen LogP contribution in [0.15, 0.2) is 53.0 Å². The summed E-state index contributed by atoms with van der Waals surface area (Å²) >= 11 is 9.08. The quantitative estimate of drug-likeness (QED) is 0.833. The molecule has 6 heteroatoms. The fourth-order valence-corrected chi connectivity index (χ4v) is 2.18. The Labute approximate surface area is 135 Å². The second-order valence-electron chi connectivity index (χ2n) is 4.15. The number of carbonyl (C=O) groups excluding carboxylic acids is 2. The molecule has 0 saturated carbocycles. The average molecular weight is 369 g/mol. The van der Waals surface area contributed by atoms with Crippen molar-refractivity contribution in [1.82, 2.24) is 0 Å². The van der Waals surface area contributed by atoms with E-state index < -0.39 is 11.9 Å². The molecule has 4 nitrogen and oxygen atoms in total. The van der Waals surface area contributed by atoms with Gasteiger partial charge in [-0.05, 0) is 36.4 Å². The van der Waals surface area contributed by atoms with Crippen molar-refractivity contribution in [2.75, 3.05) is 11.9 Å². The second-order valence-corrected chi connectivity index (χ2v) is 5.50. The minimum Gasteiger partial charge on any atom is -0.452 e. The fraction of sp³-hybridized carbons (Fsp3) is 0.0667. The molecular formula is C15H11BrClNO3. The number of halogens is 2. The highest BCUT2D eigenvalue weighted by atomic mass is 79.9. The third-order valence-corrected chi connectivity index (χ3v) is 3.23. The van der Waals surface area contributed by atoms with Gasteiger partial charge in [0.05, 0.1) is 5.56 Å². The highest BCUT2D eigenvalue weighted by Gasteiger charge is 2.10. The standard InChI is InChI=1S/C15H11BrClNO3/c16-11-4-2-6-13(8-11)18-14(19)9-21-15(20)10-3-1-5-12(17)7-10/h1-8H,9H2,(H,18,19). The highest BCUT2D eigenvalue weighted by molar-refractivity contribution is 9.10. The van der Waals surface area contributed by atoms with E-state index in [1.807, 2.05) is 6.07 Å². The lowest BCUT2D eigenvalue weighted by molar-refractivity contribution is -0.119. The number of esters is 1. The van der Waals surface area contributed by atoms with Gasteiger partial charge >= 0.3 is 5.97 Å². The van der Waals surface area contributed by atoms with Crippen LogP contribution in [0.4, 0.5) is 5.69 Å². The summed E-state index contributed by atoms with van der Waals surface area (Å²) in [6.45, 7) is -0.363. The zero-order valence-corrected chi connectivity index (χ0v) is 13.1. The van der Waals surface area contributed by atoms with E-state index in [1.165, 1.54) is 6.07 Å². The molecule has 2 aromatic carbocycles. The van der Waals surface area contributed by atoms with E-state index >= 15 is 0 Å². The molecule has 0 radical (unpaired) electrons. The maximum absolute atomic E-state index is 11.7. The van der Waals surface area contributed by atoms with Gasteiger partial charge in [0.25, 0.3) is 5.91 Å². The smallest absolute Gasteiger partial charge is 0.338 e. The minimum absolute atomic E-state index is 0.303. The lowest BCUT2D eigenvalue weighted by Gasteiger charge is -2.07. The Balaban J connectivity index is 1.88. The van der Waals surface area contributed by atoms with Gasteiger partial charge in [0.15, 0.2) is 6.61 Å². The van der Waals surface area contributed by atoms with E-state index in [2.05, 4.69) is 21.2 Å². The Kier molecular flexibility index (Phi) is 5.36. The molecule has 0 atom stereocenters. The normalized spacial score (nSPS) is 10.0. The first kappa shape index (κ1) is 15.5. The maximum atomic E-state index is 11.7. The lowest BCUT2D eigenvalue weighted by Crippen LogP contribution is -2.20. The molecule has 2 aromatic rings. The minimum atomic E-state index is -0.595. The summed E-state index contributed by atoms with van der Waals surface area (Å²) in [6, 6.07) is 13.5. The lowest BCUT2D eigenvalue weighted by atomic mass is 10.2. The molecule has 21 heavy (non-hydrogen) atoms. The molecular weight excluding hydrogens is 358 g/mol. The first-order valence-electron chi connectivity index (χ1n) is 6.03. The van der Waals surface area contributed by atoms with Crippen LogP contribution < -0.4 is 5.32 Å². The third-order valence-electron chi connectivity index (χ3n) is 2.50. The number of benzene rings is 2. The van der Waals surface area contributed by atoms with Crippen LogP contribution in [0.1, 0.15) is 10.4 Å². The molecule has 0 aliphatic rings. The summed E-state index contributed by atoms with van der Waals surface area (Å²) < 4.78 is 5.77. The maximum Gasteiger partial charge on any atom is 0.338 e. The van der Waals surface area contributed by atoms with Crippen LogP contribution >= 0.6 is 27.5 Å². The number of amides is 1. The summed E-state index contributed by atoms with van der Waals surface area (Å²) in [5.41, 5.74) is 0.922. The van der Waals surface area contributed by atoms with Crippen molar-refractivity contribution < 1.29 is 14.3 Å². The average Bonchev–Trinajstić information content (AvgIpc) is 2.45. The van der Waals surface area contributed by atoms with E-state index in [0.717, 1.165) is 4.47 Å². The zero-order valence-electron chi connectivity index (χ0n) is 10.8. The van der Waals surface area contributed by atoms with Crippen LogP contribution in [0.5, 0.6) is 0 Å². The largest absolute Gasteiger partial charge is 0.452 e. The van der Waals surface area contributed by atoms with Crippen LogP contribution in [0, 0.1) is 0 Å². The molecule has 1 amide bonds. The summed E-state index contributed by atoms with van der Waals surface area (Å²) in [5, 5.41) is 3.06. The van der Waals surface area contributed by atoms with E-state index in [1.54, 1.807) is 36.4 Å².